The Labute approximate surface area is 273 Å². The molecule has 244 valence electrons. The fraction of sp³-hybridized carbons (Fsp3) is 0.371. The number of piperazine rings is 1. The molecule has 4 heterocycles. The van der Waals surface area contributed by atoms with Crippen LogP contribution in [0.5, 0.6) is 5.75 Å². The van der Waals surface area contributed by atoms with Crippen LogP contribution in [-0.4, -0.2) is 74.8 Å². The van der Waals surface area contributed by atoms with E-state index in [1.807, 2.05) is 61.5 Å². The normalized spacial score (nSPS) is 20.4. The summed E-state index contributed by atoms with van der Waals surface area (Å²) >= 11 is 0. The second-order valence-corrected chi connectivity index (χ2v) is 12.0. The number of rotatable bonds is 11. The largest absolute Gasteiger partial charge is 0.491 e. The molecule has 7 rings (SSSR count). The van der Waals surface area contributed by atoms with Crippen LogP contribution in [0.1, 0.15) is 31.9 Å². The Bertz CT molecular complexity index is 1780. The predicted octanol–water partition coefficient (Wildman–Crippen LogP) is 4.27. The fourth-order valence-electron chi connectivity index (χ4n) is 6.13. The van der Waals surface area contributed by atoms with E-state index in [9.17, 15) is 4.79 Å². The highest BCUT2D eigenvalue weighted by atomic mass is 16.8. The van der Waals surface area contributed by atoms with Gasteiger partial charge in [-0.15, -0.1) is 0 Å². The number of nitrogens with zero attached hydrogens (tertiary/aromatic N) is 8. The average Bonchev–Trinajstić information content (AvgIpc) is 3.89. The zero-order valence-electron chi connectivity index (χ0n) is 26.8. The van der Waals surface area contributed by atoms with E-state index < -0.39 is 5.79 Å². The molecule has 0 spiro atoms. The van der Waals surface area contributed by atoms with Gasteiger partial charge in [0, 0.05) is 43.1 Å². The Morgan fingerprint density at radius 2 is 1.47 bits per heavy atom. The molecule has 0 N–H and O–H groups in total. The van der Waals surface area contributed by atoms with Crippen molar-refractivity contribution in [2.45, 2.75) is 44.7 Å². The summed E-state index contributed by atoms with van der Waals surface area (Å²) in [5, 5.41) is 12.8. The van der Waals surface area contributed by atoms with Crippen LogP contribution < -0.4 is 20.2 Å². The van der Waals surface area contributed by atoms with E-state index in [1.165, 1.54) is 5.69 Å². The smallest absolute Gasteiger partial charge is 0.350 e. The minimum atomic E-state index is -0.973. The Balaban J connectivity index is 0.913. The molecule has 2 saturated heterocycles. The van der Waals surface area contributed by atoms with Gasteiger partial charge in [-0.05, 0) is 61.9 Å². The van der Waals surface area contributed by atoms with Gasteiger partial charge in [-0.3, -0.25) is 0 Å². The third-order valence-electron chi connectivity index (χ3n) is 9.00. The molecule has 47 heavy (non-hydrogen) atoms. The molecule has 12 nitrogen and oxygen atoms in total. The number of benzene rings is 3. The molecule has 2 aliphatic heterocycles. The lowest BCUT2D eigenvalue weighted by atomic mass is 10.1. The molecule has 0 saturated carbocycles. The molecular formula is C35H40N8O4. The maximum Gasteiger partial charge on any atom is 0.350 e. The van der Waals surface area contributed by atoms with Crippen molar-refractivity contribution in [2.24, 2.45) is 0 Å². The summed E-state index contributed by atoms with van der Waals surface area (Å²) in [6, 6.07) is 26.4. The van der Waals surface area contributed by atoms with E-state index in [0.717, 1.165) is 55.3 Å². The standard InChI is InChI=1S/C35H40N8O4/c1-3-27(2)43-34(44)41(26-38-43)31-11-9-29(10-12-31)39-19-21-40(22-20-39)30-13-15-32(16-14-30)45-23-33-24-46-35(47-33,25-42-36-17-18-37-42)28-7-5-4-6-8-28/h4-18,26-27,33H,3,19-25H2,1-2H3/t27-,33-,35-/m0/s1. The first-order valence-electron chi connectivity index (χ1n) is 16.2. The monoisotopic (exact) mass is 636 g/mol. The molecule has 0 unspecified atom stereocenters. The van der Waals surface area contributed by atoms with Crippen molar-refractivity contribution in [3.05, 3.63) is 114 Å². The van der Waals surface area contributed by atoms with Crippen LogP contribution in [0.3, 0.4) is 0 Å². The first-order valence-corrected chi connectivity index (χ1v) is 16.2. The van der Waals surface area contributed by atoms with Crippen LogP contribution in [-0.2, 0) is 21.8 Å². The number of hydrogen-bond acceptors (Lipinski definition) is 9. The second-order valence-electron chi connectivity index (χ2n) is 12.0. The van der Waals surface area contributed by atoms with Gasteiger partial charge < -0.3 is 24.0 Å². The summed E-state index contributed by atoms with van der Waals surface area (Å²) in [6.45, 7) is 8.79. The fourth-order valence-corrected chi connectivity index (χ4v) is 6.13. The predicted molar refractivity (Wildman–Crippen MR) is 178 cm³/mol. The lowest BCUT2D eigenvalue weighted by Gasteiger charge is -2.37. The lowest BCUT2D eigenvalue weighted by Crippen LogP contribution is -2.46. The van der Waals surface area contributed by atoms with Crippen molar-refractivity contribution in [2.75, 3.05) is 49.2 Å². The summed E-state index contributed by atoms with van der Waals surface area (Å²) in [7, 11) is 0. The Morgan fingerprint density at radius 1 is 0.851 bits per heavy atom. The van der Waals surface area contributed by atoms with Gasteiger partial charge in [0.2, 0.25) is 5.79 Å². The average molecular weight is 637 g/mol. The van der Waals surface area contributed by atoms with Gasteiger partial charge in [-0.2, -0.15) is 20.1 Å². The lowest BCUT2D eigenvalue weighted by molar-refractivity contribution is -0.192. The molecule has 0 radical (unpaired) electrons. The first kappa shape index (κ1) is 30.7. The van der Waals surface area contributed by atoms with E-state index in [4.69, 9.17) is 14.2 Å². The summed E-state index contributed by atoms with van der Waals surface area (Å²) in [5.41, 5.74) is 3.95. The first-order chi connectivity index (χ1) is 23.0. The third kappa shape index (κ3) is 6.51. The molecule has 3 aromatic carbocycles. The number of hydrogen-bond donors (Lipinski definition) is 0. The third-order valence-corrected chi connectivity index (χ3v) is 9.00. The minimum absolute atomic E-state index is 0.0721. The maximum absolute atomic E-state index is 12.8. The molecular weight excluding hydrogens is 596 g/mol. The number of aromatic nitrogens is 6. The van der Waals surface area contributed by atoms with Gasteiger partial charge in [0.05, 0.1) is 30.7 Å². The zero-order chi connectivity index (χ0) is 32.2. The zero-order valence-corrected chi connectivity index (χ0v) is 26.8. The Morgan fingerprint density at radius 3 is 2.11 bits per heavy atom. The van der Waals surface area contributed by atoms with Crippen molar-refractivity contribution in [3.63, 3.8) is 0 Å². The highest BCUT2D eigenvalue weighted by Gasteiger charge is 2.44. The van der Waals surface area contributed by atoms with Crippen LogP contribution in [0.4, 0.5) is 11.4 Å². The SMILES string of the molecule is CC[C@H](C)n1ncn(-c2ccc(N3CCN(c4ccc(OC[C@H]5CO[C@](Cn6nccn6)(c6ccccc6)O5)cc4)CC3)cc2)c1=O. The van der Waals surface area contributed by atoms with Crippen molar-refractivity contribution in [1.82, 2.24) is 29.3 Å². The van der Waals surface area contributed by atoms with Gasteiger partial charge in [0.1, 0.15) is 31.3 Å². The summed E-state index contributed by atoms with van der Waals surface area (Å²) in [4.78, 5) is 19.1. The summed E-state index contributed by atoms with van der Waals surface area (Å²) in [6.07, 6.45) is 5.51. The van der Waals surface area contributed by atoms with Crippen LogP contribution in [0.2, 0.25) is 0 Å². The van der Waals surface area contributed by atoms with E-state index in [0.29, 0.717) is 19.8 Å². The Hall–Kier alpha value is -4.94. The van der Waals surface area contributed by atoms with E-state index in [-0.39, 0.29) is 17.8 Å². The van der Waals surface area contributed by atoms with E-state index in [2.05, 4.69) is 56.3 Å². The minimum Gasteiger partial charge on any atom is -0.491 e. The van der Waals surface area contributed by atoms with Gasteiger partial charge in [-0.1, -0.05) is 37.3 Å². The highest BCUT2D eigenvalue weighted by molar-refractivity contribution is 5.54. The quantitative estimate of drug-likeness (QED) is 0.210. The molecule has 2 aliphatic rings. The van der Waals surface area contributed by atoms with E-state index >= 15 is 0 Å². The molecule has 0 aliphatic carbocycles. The molecule has 2 fully saturated rings. The van der Waals surface area contributed by atoms with Gasteiger partial charge in [0.15, 0.2) is 0 Å². The van der Waals surface area contributed by atoms with Gasteiger partial charge >= 0.3 is 5.69 Å². The van der Waals surface area contributed by atoms with Crippen molar-refractivity contribution in [1.29, 1.82) is 0 Å². The molecule has 0 bridgehead atoms. The van der Waals surface area contributed by atoms with Gasteiger partial charge in [0.25, 0.3) is 0 Å². The Kier molecular flexibility index (Phi) is 8.77. The van der Waals surface area contributed by atoms with Crippen molar-refractivity contribution < 1.29 is 14.2 Å². The number of ether oxygens (including phenoxy) is 3. The summed E-state index contributed by atoms with van der Waals surface area (Å²) in [5.74, 6) is -0.185. The van der Waals surface area contributed by atoms with Gasteiger partial charge in [-0.25, -0.2) is 14.0 Å². The molecule has 0 amide bonds. The maximum atomic E-state index is 12.8. The van der Waals surface area contributed by atoms with Crippen molar-refractivity contribution >= 4 is 11.4 Å². The highest BCUT2D eigenvalue weighted by Crippen LogP contribution is 2.36. The molecule has 2 aromatic heterocycles. The summed E-state index contributed by atoms with van der Waals surface area (Å²) < 4.78 is 22.0. The topological polar surface area (TPSA) is 105 Å². The molecule has 12 heteroatoms. The molecule has 3 atom stereocenters. The van der Waals surface area contributed by atoms with Crippen LogP contribution >= 0.6 is 0 Å². The number of anilines is 2. The molecule has 5 aromatic rings. The van der Waals surface area contributed by atoms with Crippen LogP contribution in [0.25, 0.3) is 5.69 Å². The van der Waals surface area contributed by atoms with Crippen LogP contribution in [0, 0.1) is 0 Å². The van der Waals surface area contributed by atoms with Crippen molar-refractivity contribution in [3.8, 4) is 11.4 Å². The van der Waals surface area contributed by atoms with E-state index in [1.54, 1.807) is 32.8 Å². The van der Waals surface area contributed by atoms with Crippen LogP contribution in [0.15, 0.2) is 102 Å². The second kappa shape index (κ2) is 13.4.